The molecule has 0 unspecified atom stereocenters. The zero-order valence-corrected chi connectivity index (χ0v) is 12.6. The standard InChI is InChI=1S/C18H21N3O/c1-2-12-7-9-13(10-8-12)15(18(20)21)11-16(19)14-5-3-4-6-17(14)22/h3-11,22H,2,19-21H2,1H3/b16-11-. The Bertz CT molecular complexity index is 711. The van der Waals surface area contributed by atoms with Crippen molar-refractivity contribution in [3.8, 4) is 5.75 Å². The van der Waals surface area contributed by atoms with Crippen molar-refractivity contribution in [2.75, 3.05) is 0 Å². The molecule has 2 aromatic carbocycles. The number of para-hydroxylation sites is 1. The summed E-state index contributed by atoms with van der Waals surface area (Å²) in [4.78, 5) is 0. The highest BCUT2D eigenvalue weighted by Crippen LogP contribution is 2.25. The van der Waals surface area contributed by atoms with E-state index in [2.05, 4.69) is 6.92 Å². The molecular weight excluding hydrogens is 274 g/mol. The van der Waals surface area contributed by atoms with Crippen LogP contribution in [0.1, 0.15) is 23.6 Å². The molecule has 4 nitrogen and oxygen atoms in total. The molecule has 0 radical (unpaired) electrons. The number of aromatic hydroxyl groups is 1. The fraction of sp³-hybridized carbons (Fsp3) is 0.111. The van der Waals surface area contributed by atoms with Crippen molar-refractivity contribution in [1.29, 1.82) is 0 Å². The average molecular weight is 295 g/mol. The highest BCUT2D eigenvalue weighted by Gasteiger charge is 2.07. The van der Waals surface area contributed by atoms with Gasteiger partial charge in [0.2, 0.25) is 0 Å². The molecule has 0 heterocycles. The van der Waals surface area contributed by atoms with Gasteiger partial charge in [0, 0.05) is 16.8 Å². The Kier molecular flexibility index (Phi) is 4.73. The molecule has 0 amide bonds. The molecule has 4 heteroatoms. The lowest BCUT2D eigenvalue weighted by molar-refractivity contribution is 0.473. The number of benzene rings is 2. The summed E-state index contributed by atoms with van der Waals surface area (Å²) in [7, 11) is 0. The zero-order chi connectivity index (χ0) is 16.1. The van der Waals surface area contributed by atoms with Crippen LogP contribution in [0.15, 0.2) is 60.4 Å². The van der Waals surface area contributed by atoms with Crippen molar-refractivity contribution in [3.05, 3.63) is 77.1 Å². The molecule has 0 aromatic heterocycles. The minimum Gasteiger partial charge on any atom is -0.507 e. The summed E-state index contributed by atoms with van der Waals surface area (Å²) >= 11 is 0. The van der Waals surface area contributed by atoms with Crippen LogP contribution in [-0.4, -0.2) is 5.11 Å². The third kappa shape index (κ3) is 3.41. The number of phenols is 1. The molecule has 0 aliphatic carbocycles. The number of aryl methyl sites for hydroxylation is 1. The zero-order valence-electron chi connectivity index (χ0n) is 12.6. The van der Waals surface area contributed by atoms with Crippen LogP contribution in [0.25, 0.3) is 11.3 Å². The fourth-order valence-electron chi connectivity index (χ4n) is 2.20. The Morgan fingerprint density at radius 3 is 2.18 bits per heavy atom. The van der Waals surface area contributed by atoms with E-state index in [1.165, 1.54) is 5.56 Å². The topological polar surface area (TPSA) is 98.3 Å². The molecule has 0 saturated carbocycles. The summed E-state index contributed by atoms with van der Waals surface area (Å²) in [5, 5.41) is 9.87. The van der Waals surface area contributed by atoms with Gasteiger partial charge in [-0.2, -0.15) is 0 Å². The highest BCUT2D eigenvalue weighted by molar-refractivity contribution is 5.85. The number of allylic oxidation sites excluding steroid dienone is 2. The van der Waals surface area contributed by atoms with Crippen molar-refractivity contribution in [1.82, 2.24) is 0 Å². The molecule has 22 heavy (non-hydrogen) atoms. The van der Waals surface area contributed by atoms with E-state index in [9.17, 15) is 5.11 Å². The Balaban J connectivity index is 2.43. The SMILES string of the molecule is CCc1ccc(C(/C=C(\N)c2ccccc2O)=C(N)N)cc1. The molecule has 0 fully saturated rings. The van der Waals surface area contributed by atoms with Crippen molar-refractivity contribution >= 4 is 11.3 Å². The first-order chi connectivity index (χ1) is 10.5. The van der Waals surface area contributed by atoms with Crippen LogP contribution in [0.2, 0.25) is 0 Å². The number of nitrogens with two attached hydrogens (primary N) is 3. The molecule has 0 atom stereocenters. The smallest absolute Gasteiger partial charge is 0.124 e. The monoisotopic (exact) mass is 295 g/mol. The molecule has 2 rings (SSSR count). The van der Waals surface area contributed by atoms with Crippen molar-refractivity contribution in [2.45, 2.75) is 13.3 Å². The van der Waals surface area contributed by atoms with Crippen LogP contribution in [-0.2, 0) is 6.42 Å². The lowest BCUT2D eigenvalue weighted by Crippen LogP contribution is -2.12. The molecule has 0 spiro atoms. The van der Waals surface area contributed by atoms with Crippen LogP contribution in [0.3, 0.4) is 0 Å². The van der Waals surface area contributed by atoms with Gasteiger partial charge in [-0.05, 0) is 35.8 Å². The van der Waals surface area contributed by atoms with Gasteiger partial charge < -0.3 is 22.3 Å². The molecule has 0 aliphatic heterocycles. The maximum absolute atomic E-state index is 9.87. The largest absolute Gasteiger partial charge is 0.507 e. The Hall–Kier alpha value is -2.88. The van der Waals surface area contributed by atoms with Crippen LogP contribution >= 0.6 is 0 Å². The van der Waals surface area contributed by atoms with Gasteiger partial charge in [0.1, 0.15) is 11.6 Å². The van der Waals surface area contributed by atoms with Gasteiger partial charge >= 0.3 is 0 Å². The van der Waals surface area contributed by atoms with E-state index >= 15 is 0 Å². The lowest BCUT2D eigenvalue weighted by Gasteiger charge is -2.09. The minimum atomic E-state index is 0.118. The third-order valence-electron chi connectivity index (χ3n) is 3.50. The normalized spacial score (nSPS) is 11.2. The number of hydrogen-bond acceptors (Lipinski definition) is 4. The second kappa shape index (κ2) is 6.72. The first kappa shape index (κ1) is 15.5. The van der Waals surface area contributed by atoms with Gasteiger partial charge in [-0.1, -0.05) is 43.3 Å². The summed E-state index contributed by atoms with van der Waals surface area (Å²) < 4.78 is 0. The maximum atomic E-state index is 9.87. The van der Waals surface area contributed by atoms with Crippen LogP contribution in [0.5, 0.6) is 5.75 Å². The highest BCUT2D eigenvalue weighted by atomic mass is 16.3. The molecule has 0 saturated heterocycles. The predicted molar refractivity (Wildman–Crippen MR) is 91.4 cm³/mol. The maximum Gasteiger partial charge on any atom is 0.124 e. The quantitative estimate of drug-likeness (QED) is 0.651. The summed E-state index contributed by atoms with van der Waals surface area (Å²) in [5.41, 5.74) is 21.4. The summed E-state index contributed by atoms with van der Waals surface area (Å²) in [6.45, 7) is 2.10. The predicted octanol–water partition coefficient (Wildman–Crippen LogP) is 2.54. The van der Waals surface area contributed by atoms with E-state index < -0.39 is 0 Å². The lowest BCUT2D eigenvalue weighted by atomic mass is 10.0. The van der Waals surface area contributed by atoms with E-state index in [0.29, 0.717) is 16.8 Å². The average Bonchev–Trinajstić information content (AvgIpc) is 2.52. The van der Waals surface area contributed by atoms with Crippen molar-refractivity contribution < 1.29 is 5.11 Å². The molecule has 2 aromatic rings. The Morgan fingerprint density at radius 2 is 1.64 bits per heavy atom. The van der Waals surface area contributed by atoms with Crippen LogP contribution < -0.4 is 17.2 Å². The van der Waals surface area contributed by atoms with E-state index in [-0.39, 0.29) is 11.6 Å². The van der Waals surface area contributed by atoms with Crippen molar-refractivity contribution in [2.24, 2.45) is 17.2 Å². The van der Waals surface area contributed by atoms with Gasteiger partial charge in [0.15, 0.2) is 0 Å². The molecule has 114 valence electrons. The fourth-order valence-corrected chi connectivity index (χ4v) is 2.20. The van der Waals surface area contributed by atoms with E-state index in [0.717, 1.165) is 12.0 Å². The van der Waals surface area contributed by atoms with E-state index in [1.807, 2.05) is 24.3 Å². The van der Waals surface area contributed by atoms with Crippen LogP contribution in [0, 0.1) is 0 Å². The van der Waals surface area contributed by atoms with E-state index in [4.69, 9.17) is 17.2 Å². The van der Waals surface area contributed by atoms with Gasteiger partial charge in [-0.3, -0.25) is 0 Å². The second-order valence-electron chi connectivity index (χ2n) is 5.04. The van der Waals surface area contributed by atoms with Gasteiger partial charge in [0.25, 0.3) is 0 Å². The minimum absolute atomic E-state index is 0.118. The first-order valence-electron chi connectivity index (χ1n) is 7.13. The van der Waals surface area contributed by atoms with Gasteiger partial charge in [-0.15, -0.1) is 0 Å². The Morgan fingerprint density at radius 1 is 1.00 bits per heavy atom. The number of hydrogen-bond donors (Lipinski definition) is 4. The molecular formula is C18H21N3O. The molecule has 0 bridgehead atoms. The number of phenolic OH excluding ortho intramolecular Hbond substituents is 1. The summed E-state index contributed by atoms with van der Waals surface area (Å²) in [6, 6.07) is 14.9. The first-order valence-corrected chi connectivity index (χ1v) is 7.13. The second-order valence-corrected chi connectivity index (χ2v) is 5.04. The van der Waals surface area contributed by atoms with Crippen molar-refractivity contribution in [3.63, 3.8) is 0 Å². The molecule has 0 aliphatic rings. The van der Waals surface area contributed by atoms with Crippen LogP contribution in [0.4, 0.5) is 0 Å². The third-order valence-corrected chi connectivity index (χ3v) is 3.50. The van der Waals surface area contributed by atoms with E-state index in [1.54, 1.807) is 30.3 Å². The van der Waals surface area contributed by atoms with Gasteiger partial charge in [-0.25, -0.2) is 0 Å². The number of rotatable bonds is 4. The summed E-state index contributed by atoms with van der Waals surface area (Å²) in [5.74, 6) is 0.301. The van der Waals surface area contributed by atoms with Gasteiger partial charge in [0.05, 0.1) is 0 Å². The molecule has 7 N–H and O–H groups in total. The Labute approximate surface area is 130 Å². The summed E-state index contributed by atoms with van der Waals surface area (Å²) in [6.07, 6.45) is 2.65.